The minimum Gasteiger partial charge on any atom is -0.459 e. The molecule has 0 unspecified atom stereocenters. The summed E-state index contributed by atoms with van der Waals surface area (Å²) < 4.78 is 5.93. The molecule has 0 aliphatic heterocycles. The van der Waals surface area contributed by atoms with Gasteiger partial charge in [-0.2, -0.15) is 0 Å². The highest BCUT2D eigenvalue weighted by Crippen LogP contribution is 2.25. The van der Waals surface area contributed by atoms with Crippen LogP contribution in [0.4, 0.5) is 0 Å². The molecule has 134 valence electrons. The second kappa shape index (κ2) is 9.19. The fraction of sp³-hybridized carbons (Fsp3) is 0.333. The average molecular weight is 470 g/mol. The largest absolute Gasteiger partial charge is 0.459 e. The maximum absolute atomic E-state index is 5.93. The average Bonchev–Trinajstić information content (AvgIpc) is 3.14. The SMILES string of the molecule is CCNC(=NCc1oc2ccccc2c1C)NCc1scnc1C.I. The van der Waals surface area contributed by atoms with Gasteiger partial charge in [0.15, 0.2) is 5.96 Å². The summed E-state index contributed by atoms with van der Waals surface area (Å²) in [7, 11) is 0. The Morgan fingerprint density at radius 3 is 2.72 bits per heavy atom. The van der Waals surface area contributed by atoms with Crippen LogP contribution in [-0.2, 0) is 13.1 Å². The van der Waals surface area contributed by atoms with Gasteiger partial charge in [0.1, 0.15) is 17.9 Å². The van der Waals surface area contributed by atoms with Gasteiger partial charge in [0.2, 0.25) is 0 Å². The zero-order chi connectivity index (χ0) is 16.9. The van der Waals surface area contributed by atoms with Crippen molar-refractivity contribution in [2.24, 2.45) is 4.99 Å². The number of aliphatic imine (C=N–C) groups is 1. The molecule has 0 bridgehead atoms. The molecule has 1 aromatic carbocycles. The number of furan rings is 1. The van der Waals surface area contributed by atoms with Gasteiger partial charge >= 0.3 is 0 Å². The number of para-hydroxylation sites is 1. The van der Waals surface area contributed by atoms with Crippen LogP contribution >= 0.6 is 35.3 Å². The van der Waals surface area contributed by atoms with Crippen molar-refractivity contribution < 1.29 is 4.42 Å². The molecular formula is C18H23IN4OS. The first kappa shape index (κ1) is 19.7. The lowest BCUT2D eigenvalue weighted by molar-refractivity contribution is 0.548. The van der Waals surface area contributed by atoms with Gasteiger partial charge in [-0.15, -0.1) is 35.3 Å². The number of thiazole rings is 1. The van der Waals surface area contributed by atoms with E-state index < -0.39 is 0 Å². The fourth-order valence-corrected chi connectivity index (χ4v) is 3.25. The first-order valence-corrected chi connectivity index (χ1v) is 8.95. The fourth-order valence-electron chi connectivity index (χ4n) is 2.53. The van der Waals surface area contributed by atoms with Crippen LogP contribution in [0.25, 0.3) is 11.0 Å². The van der Waals surface area contributed by atoms with Gasteiger partial charge in [-0.1, -0.05) is 18.2 Å². The van der Waals surface area contributed by atoms with E-state index >= 15 is 0 Å². The second-order valence-electron chi connectivity index (χ2n) is 5.56. The van der Waals surface area contributed by atoms with Crippen molar-refractivity contribution in [2.45, 2.75) is 33.9 Å². The van der Waals surface area contributed by atoms with Gasteiger partial charge in [-0.25, -0.2) is 9.98 Å². The number of nitrogens with one attached hydrogen (secondary N) is 2. The molecule has 2 N–H and O–H groups in total. The molecule has 3 aromatic rings. The Hall–Kier alpha value is -1.61. The molecule has 3 rings (SSSR count). The van der Waals surface area contributed by atoms with E-state index in [-0.39, 0.29) is 24.0 Å². The highest BCUT2D eigenvalue weighted by molar-refractivity contribution is 14.0. The molecule has 2 heterocycles. The zero-order valence-electron chi connectivity index (χ0n) is 14.6. The lowest BCUT2D eigenvalue weighted by Gasteiger charge is -2.10. The van der Waals surface area contributed by atoms with Gasteiger partial charge in [-0.3, -0.25) is 0 Å². The quantitative estimate of drug-likeness (QED) is 0.330. The summed E-state index contributed by atoms with van der Waals surface area (Å²) in [6, 6.07) is 8.09. The van der Waals surface area contributed by atoms with E-state index in [1.54, 1.807) is 11.3 Å². The van der Waals surface area contributed by atoms with E-state index in [1.807, 2.05) is 30.6 Å². The van der Waals surface area contributed by atoms with Crippen LogP contribution in [0.2, 0.25) is 0 Å². The molecule has 25 heavy (non-hydrogen) atoms. The predicted molar refractivity (Wildman–Crippen MR) is 115 cm³/mol. The van der Waals surface area contributed by atoms with E-state index in [0.29, 0.717) is 6.54 Å². The lowest BCUT2D eigenvalue weighted by atomic mass is 10.1. The molecule has 0 radical (unpaired) electrons. The van der Waals surface area contributed by atoms with E-state index in [2.05, 4.69) is 40.5 Å². The Bertz CT molecular complexity index is 856. The van der Waals surface area contributed by atoms with Crippen molar-refractivity contribution in [1.29, 1.82) is 0 Å². The molecule has 0 aliphatic carbocycles. The molecule has 0 aliphatic rings. The van der Waals surface area contributed by atoms with E-state index in [9.17, 15) is 0 Å². The Balaban J connectivity index is 0.00000225. The normalized spacial score (nSPS) is 11.4. The van der Waals surface area contributed by atoms with Crippen LogP contribution in [0, 0.1) is 13.8 Å². The van der Waals surface area contributed by atoms with Crippen molar-refractivity contribution in [3.8, 4) is 0 Å². The van der Waals surface area contributed by atoms with E-state index in [0.717, 1.165) is 47.0 Å². The van der Waals surface area contributed by atoms with Crippen LogP contribution in [0.5, 0.6) is 0 Å². The summed E-state index contributed by atoms with van der Waals surface area (Å²) in [6.07, 6.45) is 0. The summed E-state index contributed by atoms with van der Waals surface area (Å²) in [5.41, 5.74) is 5.01. The van der Waals surface area contributed by atoms with Crippen LogP contribution in [0.3, 0.4) is 0 Å². The number of fused-ring (bicyclic) bond motifs is 1. The minimum atomic E-state index is 0. The smallest absolute Gasteiger partial charge is 0.191 e. The molecule has 0 fully saturated rings. The van der Waals surface area contributed by atoms with Gasteiger partial charge in [-0.05, 0) is 26.8 Å². The van der Waals surface area contributed by atoms with Crippen molar-refractivity contribution in [2.75, 3.05) is 6.54 Å². The zero-order valence-corrected chi connectivity index (χ0v) is 17.8. The number of benzene rings is 1. The minimum absolute atomic E-state index is 0. The summed E-state index contributed by atoms with van der Waals surface area (Å²) in [5, 5.41) is 7.78. The maximum Gasteiger partial charge on any atom is 0.191 e. The molecule has 2 aromatic heterocycles. The molecule has 0 saturated heterocycles. The van der Waals surface area contributed by atoms with E-state index in [1.165, 1.54) is 4.88 Å². The van der Waals surface area contributed by atoms with Gasteiger partial charge < -0.3 is 15.1 Å². The van der Waals surface area contributed by atoms with Gasteiger partial charge in [0.05, 0.1) is 17.7 Å². The van der Waals surface area contributed by atoms with Crippen molar-refractivity contribution >= 4 is 52.2 Å². The molecule has 0 amide bonds. The predicted octanol–water partition coefficient (Wildman–Crippen LogP) is 4.38. The molecule has 7 heteroatoms. The van der Waals surface area contributed by atoms with Crippen LogP contribution in [-0.4, -0.2) is 17.5 Å². The number of nitrogens with zero attached hydrogens (tertiary/aromatic N) is 2. The van der Waals surface area contributed by atoms with Crippen LogP contribution < -0.4 is 10.6 Å². The number of guanidine groups is 1. The highest BCUT2D eigenvalue weighted by atomic mass is 127. The van der Waals surface area contributed by atoms with Gasteiger partial charge in [0.25, 0.3) is 0 Å². The first-order chi connectivity index (χ1) is 11.7. The van der Waals surface area contributed by atoms with Crippen LogP contribution in [0.15, 0.2) is 39.2 Å². The Morgan fingerprint density at radius 1 is 1.24 bits per heavy atom. The third-order valence-corrected chi connectivity index (χ3v) is 4.86. The highest BCUT2D eigenvalue weighted by Gasteiger charge is 2.10. The number of hydrogen-bond acceptors (Lipinski definition) is 4. The molecule has 0 saturated carbocycles. The third kappa shape index (κ3) is 4.72. The first-order valence-electron chi connectivity index (χ1n) is 8.07. The monoisotopic (exact) mass is 470 g/mol. The Morgan fingerprint density at radius 2 is 2.04 bits per heavy atom. The molecular weight excluding hydrogens is 447 g/mol. The van der Waals surface area contributed by atoms with Crippen molar-refractivity contribution in [1.82, 2.24) is 15.6 Å². The molecule has 5 nitrogen and oxygen atoms in total. The van der Waals surface area contributed by atoms with E-state index in [4.69, 9.17) is 4.42 Å². The third-order valence-electron chi connectivity index (χ3n) is 3.93. The standard InChI is InChI=1S/C18H22N4OS.HI/c1-4-19-18(21-10-17-13(3)22-11-24-17)20-9-16-12(2)14-7-5-6-8-15(14)23-16;/h5-8,11H,4,9-10H2,1-3H3,(H2,19,20,21);1H. The van der Waals surface area contributed by atoms with Gasteiger partial charge in [0, 0.05) is 22.4 Å². The maximum atomic E-state index is 5.93. The van der Waals surface area contributed by atoms with Crippen molar-refractivity contribution in [3.63, 3.8) is 0 Å². The number of halogens is 1. The summed E-state index contributed by atoms with van der Waals surface area (Å²) in [6.45, 7) is 8.21. The number of hydrogen-bond donors (Lipinski definition) is 2. The second-order valence-corrected chi connectivity index (χ2v) is 6.50. The Kier molecular flexibility index (Phi) is 7.24. The number of aromatic nitrogens is 1. The summed E-state index contributed by atoms with van der Waals surface area (Å²) in [5.74, 6) is 1.69. The van der Waals surface area contributed by atoms with Crippen molar-refractivity contribution in [3.05, 3.63) is 51.7 Å². The topological polar surface area (TPSA) is 62.5 Å². The number of rotatable bonds is 5. The summed E-state index contributed by atoms with van der Waals surface area (Å²) >= 11 is 1.65. The number of aryl methyl sites for hydroxylation is 2. The molecule has 0 atom stereocenters. The van der Waals surface area contributed by atoms with Crippen LogP contribution in [0.1, 0.15) is 28.8 Å². The lowest BCUT2D eigenvalue weighted by Crippen LogP contribution is -2.36. The molecule has 0 spiro atoms. The summed E-state index contributed by atoms with van der Waals surface area (Å²) in [4.78, 5) is 10.1. The Labute approximate surface area is 169 Å².